The van der Waals surface area contributed by atoms with E-state index in [0.717, 1.165) is 32.5 Å². The normalized spacial score (nSPS) is 26.4. The maximum absolute atomic E-state index is 12.8. The van der Waals surface area contributed by atoms with Gasteiger partial charge in [-0.1, -0.05) is 26.0 Å². The number of allylic oxidation sites excluding steroid dienone is 2. The van der Waals surface area contributed by atoms with Crippen LogP contribution in [0.1, 0.15) is 45.1 Å². The number of nitrogens with zero attached hydrogens (tertiary/aromatic N) is 2. The Labute approximate surface area is 150 Å². The van der Waals surface area contributed by atoms with Gasteiger partial charge in [0.05, 0.1) is 12.0 Å². The van der Waals surface area contributed by atoms with Crippen LogP contribution in [0.15, 0.2) is 40.5 Å². The van der Waals surface area contributed by atoms with Crippen molar-refractivity contribution in [3.63, 3.8) is 0 Å². The Balaban J connectivity index is 2.19. The highest BCUT2D eigenvalue weighted by Crippen LogP contribution is 2.47. The Bertz CT molecular complexity index is 783. The average Bonchev–Trinajstić information content (AvgIpc) is 2.44. The van der Waals surface area contributed by atoms with Crippen molar-refractivity contribution in [3.8, 4) is 6.07 Å². The molecular formula is C19H19IN2O. The van der Waals surface area contributed by atoms with E-state index in [9.17, 15) is 10.1 Å². The van der Waals surface area contributed by atoms with Crippen LogP contribution in [0.3, 0.4) is 0 Å². The smallest absolute Gasteiger partial charge is 0.161 e. The van der Waals surface area contributed by atoms with Crippen LogP contribution in [0.25, 0.3) is 0 Å². The lowest BCUT2D eigenvalue weighted by Gasteiger charge is -2.37. The van der Waals surface area contributed by atoms with Crippen molar-refractivity contribution >= 4 is 34.1 Å². The molecule has 1 aliphatic heterocycles. The Hall–Kier alpha value is -1.48. The van der Waals surface area contributed by atoms with Crippen molar-refractivity contribution < 1.29 is 4.79 Å². The molecular weight excluding hydrogens is 399 g/mol. The summed E-state index contributed by atoms with van der Waals surface area (Å²) in [4.78, 5) is 17.5. The molecule has 23 heavy (non-hydrogen) atoms. The van der Waals surface area contributed by atoms with Crippen LogP contribution >= 0.6 is 22.6 Å². The van der Waals surface area contributed by atoms with Crippen LogP contribution in [0.5, 0.6) is 0 Å². The van der Waals surface area contributed by atoms with Gasteiger partial charge in [-0.05, 0) is 59.0 Å². The predicted molar refractivity (Wildman–Crippen MR) is 99.2 cm³/mol. The van der Waals surface area contributed by atoms with Gasteiger partial charge >= 0.3 is 0 Å². The second-order valence-corrected chi connectivity index (χ2v) is 8.44. The molecule has 2 aliphatic rings. The lowest BCUT2D eigenvalue weighted by molar-refractivity contribution is -0.118. The first kappa shape index (κ1) is 16.4. The first-order valence-corrected chi connectivity index (χ1v) is 8.87. The number of nitriles is 1. The molecule has 1 aromatic carbocycles. The highest BCUT2D eigenvalue weighted by molar-refractivity contribution is 14.1. The van der Waals surface area contributed by atoms with Gasteiger partial charge in [-0.3, -0.25) is 9.79 Å². The fraction of sp³-hybridized carbons (Fsp3) is 0.421. The van der Waals surface area contributed by atoms with Gasteiger partial charge in [0.25, 0.3) is 0 Å². The summed E-state index contributed by atoms with van der Waals surface area (Å²) in [5, 5.41) is 9.68. The van der Waals surface area contributed by atoms with Crippen LogP contribution in [0, 0.1) is 26.2 Å². The van der Waals surface area contributed by atoms with Crippen molar-refractivity contribution in [2.45, 2.75) is 39.5 Å². The topological polar surface area (TPSA) is 53.2 Å². The van der Waals surface area contributed by atoms with E-state index in [1.165, 1.54) is 0 Å². The second-order valence-electron chi connectivity index (χ2n) is 7.19. The SMILES string of the molecule is CC1=NC2=C(C(=O)CC(C)(C)C2)[C@H](c2cccc(I)c2)C1C#N. The molecule has 2 atom stereocenters. The number of benzene rings is 1. The molecule has 3 rings (SSSR count). The Kier molecular flexibility index (Phi) is 4.18. The number of carbonyl (C=O) groups excluding carboxylic acids is 1. The Morgan fingerprint density at radius 2 is 2.09 bits per heavy atom. The standard InChI is InChI=1S/C19H19IN2O/c1-11-14(10-21)17(12-5-4-6-13(20)7-12)18-15(22-11)8-19(2,3)9-16(18)23/h4-7,14,17H,8-9H2,1-3H3/t14?,17-/m1/s1. The molecule has 1 aromatic rings. The summed E-state index contributed by atoms with van der Waals surface area (Å²) in [5.74, 6) is -0.403. The molecule has 1 unspecified atom stereocenters. The van der Waals surface area contributed by atoms with Crippen molar-refractivity contribution in [1.29, 1.82) is 5.26 Å². The largest absolute Gasteiger partial charge is 0.294 e. The minimum atomic E-state index is -0.364. The quantitative estimate of drug-likeness (QED) is 0.625. The number of halogens is 1. The van der Waals surface area contributed by atoms with Crippen LogP contribution in [0.4, 0.5) is 0 Å². The highest BCUT2D eigenvalue weighted by atomic mass is 127. The Morgan fingerprint density at radius 3 is 2.74 bits per heavy atom. The zero-order valence-corrected chi connectivity index (χ0v) is 15.7. The fourth-order valence-electron chi connectivity index (χ4n) is 3.67. The van der Waals surface area contributed by atoms with E-state index >= 15 is 0 Å². The van der Waals surface area contributed by atoms with Gasteiger partial charge < -0.3 is 0 Å². The third-order valence-electron chi connectivity index (χ3n) is 4.65. The maximum atomic E-state index is 12.8. The molecule has 0 fully saturated rings. The molecule has 1 heterocycles. The molecule has 1 aliphatic carbocycles. The van der Waals surface area contributed by atoms with E-state index in [4.69, 9.17) is 0 Å². The van der Waals surface area contributed by atoms with Crippen LogP contribution < -0.4 is 0 Å². The number of Topliss-reactive ketones (excluding diaryl/α,β-unsaturated/α-hetero) is 1. The Morgan fingerprint density at radius 1 is 1.35 bits per heavy atom. The zero-order valence-electron chi connectivity index (χ0n) is 13.6. The molecule has 0 amide bonds. The van der Waals surface area contributed by atoms with Gasteiger partial charge in [0, 0.05) is 32.9 Å². The van der Waals surface area contributed by atoms with Gasteiger partial charge in [-0.2, -0.15) is 5.26 Å². The predicted octanol–water partition coefficient (Wildman–Crippen LogP) is 4.63. The third kappa shape index (κ3) is 2.99. The molecule has 0 saturated heterocycles. The van der Waals surface area contributed by atoms with Crippen LogP contribution in [0.2, 0.25) is 0 Å². The molecule has 0 bridgehead atoms. The molecule has 0 aromatic heterocycles. The number of aliphatic imine (C=N–C) groups is 1. The van der Waals surface area contributed by atoms with E-state index < -0.39 is 0 Å². The van der Waals surface area contributed by atoms with Crippen LogP contribution in [-0.2, 0) is 4.79 Å². The van der Waals surface area contributed by atoms with E-state index in [0.29, 0.717) is 6.42 Å². The van der Waals surface area contributed by atoms with Gasteiger partial charge in [0.2, 0.25) is 0 Å². The number of hydrogen-bond donors (Lipinski definition) is 0. The molecule has 3 nitrogen and oxygen atoms in total. The number of hydrogen-bond acceptors (Lipinski definition) is 3. The summed E-state index contributed by atoms with van der Waals surface area (Å²) in [6, 6.07) is 10.5. The highest BCUT2D eigenvalue weighted by Gasteiger charge is 2.43. The summed E-state index contributed by atoms with van der Waals surface area (Å²) in [7, 11) is 0. The first-order chi connectivity index (χ1) is 10.8. The fourth-order valence-corrected chi connectivity index (χ4v) is 4.24. The summed E-state index contributed by atoms with van der Waals surface area (Å²) < 4.78 is 1.11. The maximum Gasteiger partial charge on any atom is 0.161 e. The number of rotatable bonds is 1. The minimum Gasteiger partial charge on any atom is -0.294 e. The zero-order chi connectivity index (χ0) is 16.8. The summed E-state index contributed by atoms with van der Waals surface area (Å²) >= 11 is 2.27. The van der Waals surface area contributed by atoms with Crippen molar-refractivity contribution in [3.05, 3.63) is 44.7 Å². The first-order valence-electron chi connectivity index (χ1n) is 7.79. The average molecular weight is 418 g/mol. The summed E-state index contributed by atoms with van der Waals surface area (Å²) in [5.41, 5.74) is 3.45. The molecule has 118 valence electrons. The van der Waals surface area contributed by atoms with E-state index in [1.54, 1.807) is 0 Å². The lowest BCUT2D eigenvalue weighted by atomic mass is 9.67. The summed E-state index contributed by atoms with van der Waals surface area (Å²) in [6.45, 7) is 6.12. The van der Waals surface area contributed by atoms with Crippen LogP contribution in [-0.4, -0.2) is 11.5 Å². The van der Waals surface area contributed by atoms with Gasteiger partial charge in [0.15, 0.2) is 5.78 Å². The van der Waals surface area contributed by atoms with E-state index in [2.05, 4.69) is 53.6 Å². The lowest BCUT2D eigenvalue weighted by Crippen LogP contribution is -2.35. The minimum absolute atomic E-state index is 0.0607. The molecule has 0 spiro atoms. The van der Waals surface area contributed by atoms with Gasteiger partial charge in [0.1, 0.15) is 0 Å². The van der Waals surface area contributed by atoms with Gasteiger partial charge in [-0.15, -0.1) is 0 Å². The molecule has 4 heteroatoms. The number of carbonyl (C=O) groups is 1. The van der Waals surface area contributed by atoms with Crippen molar-refractivity contribution in [2.75, 3.05) is 0 Å². The number of ketones is 1. The van der Waals surface area contributed by atoms with Crippen molar-refractivity contribution in [2.24, 2.45) is 16.3 Å². The molecule has 0 saturated carbocycles. The molecule has 0 radical (unpaired) electrons. The third-order valence-corrected chi connectivity index (χ3v) is 5.32. The molecule has 0 N–H and O–H groups in total. The second kappa shape index (κ2) is 5.86. The monoisotopic (exact) mass is 418 g/mol. The van der Waals surface area contributed by atoms with Crippen molar-refractivity contribution in [1.82, 2.24) is 0 Å². The van der Waals surface area contributed by atoms with E-state index in [1.807, 2.05) is 25.1 Å². The van der Waals surface area contributed by atoms with Gasteiger partial charge in [-0.25, -0.2) is 0 Å². The summed E-state index contributed by atoms with van der Waals surface area (Å²) in [6.07, 6.45) is 1.32. The van der Waals surface area contributed by atoms with E-state index in [-0.39, 0.29) is 23.0 Å².